The van der Waals surface area contributed by atoms with Crippen molar-refractivity contribution in [1.29, 1.82) is 0 Å². The van der Waals surface area contributed by atoms with Gasteiger partial charge in [0.2, 0.25) is 0 Å². The Kier molecular flexibility index (Phi) is 4.71. The van der Waals surface area contributed by atoms with Crippen LogP contribution in [0.25, 0.3) is 0 Å². The monoisotopic (exact) mass is 254 g/mol. The van der Waals surface area contributed by atoms with Gasteiger partial charge in [-0.15, -0.1) is 0 Å². The van der Waals surface area contributed by atoms with Crippen LogP contribution in [-0.4, -0.2) is 22.9 Å². The third-order valence-electron chi connectivity index (χ3n) is 5.92. The average molecular weight is 254 g/mol. The van der Waals surface area contributed by atoms with E-state index in [1.165, 1.54) is 32.1 Å². The lowest BCUT2D eigenvalue weighted by molar-refractivity contribution is -0.0278. The minimum absolute atomic E-state index is 0.0432. The summed E-state index contributed by atoms with van der Waals surface area (Å²) in [5, 5.41) is 19.1. The SMILES string of the molecule is C[C@@H](CCCCO)C1CCC2[C@@H](O)CCC[C@]12C. The van der Waals surface area contributed by atoms with Crippen molar-refractivity contribution in [2.75, 3.05) is 6.61 Å². The first-order valence-electron chi connectivity index (χ1n) is 7.88. The van der Waals surface area contributed by atoms with Gasteiger partial charge >= 0.3 is 0 Å². The Labute approximate surface area is 112 Å². The van der Waals surface area contributed by atoms with Crippen LogP contribution in [0.15, 0.2) is 0 Å². The van der Waals surface area contributed by atoms with Crippen molar-refractivity contribution in [3.63, 3.8) is 0 Å². The molecule has 0 spiro atoms. The summed E-state index contributed by atoms with van der Waals surface area (Å²) in [5.41, 5.74) is 0.385. The van der Waals surface area contributed by atoms with Gasteiger partial charge in [-0.2, -0.15) is 0 Å². The summed E-state index contributed by atoms with van der Waals surface area (Å²) in [7, 11) is 0. The highest BCUT2D eigenvalue weighted by Gasteiger charge is 2.51. The van der Waals surface area contributed by atoms with E-state index in [-0.39, 0.29) is 6.10 Å². The van der Waals surface area contributed by atoms with Gasteiger partial charge in [-0.05, 0) is 55.3 Å². The zero-order chi connectivity index (χ0) is 13.2. The van der Waals surface area contributed by atoms with E-state index in [4.69, 9.17) is 5.11 Å². The van der Waals surface area contributed by atoms with Gasteiger partial charge in [-0.25, -0.2) is 0 Å². The van der Waals surface area contributed by atoms with Crippen LogP contribution in [-0.2, 0) is 0 Å². The molecule has 0 aromatic heterocycles. The summed E-state index contributed by atoms with van der Waals surface area (Å²) in [6.45, 7) is 5.15. The van der Waals surface area contributed by atoms with Crippen LogP contribution in [0.1, 0.15) is 65.2 Å². The number of rotatable bonds is 5. The van der Waals surface area contributed by atoms with E-state index >= 15 is 0 Å². The lowest BCUT2D eigenvalue weighted by Gasteiger charge is -2.45. The van der Waals surface area contributed by atoms with Crippen LogP contribution in [0.2, 0.25) is 0 Å². The number of aliphatic hydroxyl groups is 2. The van der Waals surface area contributed by atoms with Crippen molar-refractivity contribution < 1.29 is 10.2 Å². The molecule has 2 fully saturated rings. The maximum atomic E-state index is 10.2. The predicted octanol–water partition coefficient (Wildman–Crippen LogP) is 3.36. The summed E-state index contributed by atoms with van der Waals surface area (Å²) in [4.78, 5) is 0. The van der Waals surface area contributed by atoms with Crippen molar-refractivity contribution in [3.05, 3.63) is 0 Å². The minimum atomic E-state index is -0.0432. The van der Waals surface area contributed by atoms with E-state index in [1.54, 1.807) is 0 Å². The van der Waals surface area contributed by atoms with Crippen molar-refractivity contribution in [3.8, 4) is 0 Å². The number of fused-ring (bicyclic) bond motifs is 1. The molecule has 2 heteroatoms. The molecule has 0 aromatic rings. The molecular weight excluding hydrogens is 224 g/mol. The summed E-state index contributed by atoms with van der Waals surface area (Å²) < 4.78 is 0. The predicted molar refractivity (Wildman–Crippen MR) is 74.3 cm³/mol. The van der Waals surface area contributed by atoms with Crippen LogP contribution < -0.4 is 0 Å². The number of hydrogen-bond acceptors (Lipinski definition) is 2. The number of aliphatic hydroxyl groups excluding tert-OH is 2. The van der Waals surface area contributed by atoms with E-state index in [0.29, 0.717) is 17.9 Å². The Morgan fingerprint density at radius 3 is 2.72 bits per heavy atom. The zero-order valence-corrected chi connectivity index (χ0v) is 12.1. The fourth-order valence-electron chi connectivity index (χ4n) is 4.90. The third kappa shape index (κ3) is 2.60. The first-order valence-corrected chi connectivity index (χ1v) is 7.88. The molecule has 2 unspecified atom stereocenters. The first kappa shape index (κ1) is 14.3. The van der Waals surface area contributed by atoms with Crippen LogP contribution in [0.5, 0.6) is 0 Å². The number of hydrogen-bond donors (Lipinski definition) is 2. The topological polar surface area (TPSA) is 40.5 Å². The van der Waals surface area contributed by atoms with Crippen molar-refractivity contribution in [2.45, 2.75) is 71.3 Å². The highest BCUT2D eigenvalue weighted by atomic mass is 16.3. The highest BCUT2D eigenvalue weighted by Crippen LogP contribution is 2.58. The second-order valence-corrected chi connectivity index (χ2v) is 6.95. The van der Waals surface area contributed by atoms with Gasteiger partial charge in [0.25, 0.3) is 0 Å². The van der Waals surface area contributed by atoms with Gasteiger partial charge < -0.3 is 10.2 Å². The molecule has 2 nitrogen and oxygen atoms in total. The second kappa shape index (κ2) is 5.92. The molecule has 0 aliphatic heterocycles. The van der Waals surface area contributed by atoms with Gasteiger partial charge in [0.05, 0.1) is 6.10 Å². The van der Waals surface area contributed by atoms with Gasteiger partial charge in [0.1, 0.15) is 0 Å². The Morgan fingerprint density at radius 1 is 1.22 bits per heavy atom. The summed E-state index contributed by atoms with van der Waals surface area (Å²) in [6.07, 6.45) is 9.36. The van der Waals surface area contributed by atoms with Gasteiger partial charge in [0.15, 0.2) is 0 Å². The third-order valence-corrected chi connectivity index (χ3v) is 5.92. The molecule has 2 aliphatic rings. The molecule has 0 heterocycles. The van der Waals surface area contributed by atoms with Crippen LogP contribution in [0.4, 0.5) is 0 Å². The van der Waals surface area contributed by atoms with Crippen molar-refractivity contribution in [2.24, 2.45) is 23.2 Å². The standard InChI is InChI=1S/C16H30O2/c1-12(6-3-4-11-17)13-8-9-14-15(18)7-5-10-16(13,14)2/h12-15,17-18H,3-11H2,1-2H3/t12-,13?,14?,15-,16+/m0/s1. The summed E-state index contributed by atoms with van der Waals surface area (Å²) in [6, 6.07) is 0. The molecule has 18 heavy (non-hydrogen) atoms. The van der Waals surface area contributed by atoms with Crippen LogP contribution >= 0.6 is 0 Å². The van der Waals surface area contributed by atoms with Crippen molar-refractivity contribution in [1.82, 2.24) is 0 Å². The molecule has 2 aliphatic carbocycles. The molecule has 106 valence electrons. The summed E-state index contributed by atoms with van der Waals surface area (Å²) >= 11 is 0. The lowest BCUT2D eigenvalue weighted by Crippen LogP contribution is -2.41. The largest absolute Gasteiger partial charge is 0.396 e. The Balaban J connectivity index is 1.97. The normalized spacial score (nSPS) is 41.7. The zero-order valence-electron chi connectivity index (χ0n) is 12.1. The smallest absolute Gasteiger partial charge is 0.0573 e. The maximum Gasteiger partial charge on any atom is 0.0573 e. The highest BCUT2D eigenvalue weighted by molar-refractivity contribution is 5.01. The quantitative estimate of drug-likeness (QED) is 0.739. The fourth-order valence-corrected chi connectivity index (χ4v) is 4.90. The summed E-state index contributed by atoms with van der Waals surface area (Å²) in [5.74, 6) is 2.09. The molecule has 0 saturated heterocycles. The fraction of sp³-hybridized carbons (Fsp3) is 1.00. The molecule has 0 amide bonds. The molecule has 2 rings (SSSR count). The van der Waals surface area contributed by atoms with Crippen LogP contribution in [0, 0.1) is 23.2 Å². The Morgan fingerprint density at radius 2 is 2.00 bits per heavy atom. The molecule has 0 radical (unpaired) electrons. The number of unbranched alkanes of at least 4 members (excludes halogenated alkanes) is 1. The molecular formula is C16H30O2. The Bertz CT molecular complexity index is 266. The minimum Gasteiger partial charge on any atom is -0.396 e. The maximum absolute atomic E-state index is 10.2. The van der Waals surface area contributed by atoms with Crippen molar-refractivity contribution >= 4 is 0 Å². The van der Waals surface area contributed by atoms with E-state index in [2.05, 4.69) is 13.8 Å². The molecule has 0 bridgehead atoms. The second-order valence-electron chi connectivity index (χ2n) is 6.95. The average Bonchev–Trinajstić information content (AvgIpc) is 2.68. The van der Waals surface area contributed by atoms with E-state index in [1.807, 2.05) is 0 Å². The molecule has 5 atom stereocenters. The molecule has 2 saturated carbocycles. The molecule has 2 N–H and O–H groups in total. The van der Waals surface area contributed by atoms with E-state index in [9.17, 15) is 5.11 Å². The van der Waals surface area contributed by atoms with Gasteiger partial charge in [-0.3, -0.25) is 0 Å². The van der Waals surface area contributed by atoms with E-state index in [0.717, 1.165) is 31.1 Å². The first-order chi connectivity index (χ1) is 8.59. The lowest BCUT2D eigenvalue weighted by atomic mass is 9.61. The van der Waals surface area contributed by atoms with Crippen LogP contribution in [0.3, 0.4) is 0 Å². The molecule has 0 aromatic carbocycles. The Hall–Kier alpha value is -0.0800. The van der Waals surface area contributed by atoms with Gasteiger partial charge in [-0.1, -0.05) is 33.1 Å². The van der Waals surface area contributed by atoms with E-state index < -0.39 is 0 Å². The van der Waals surface area contributed by atoms with Gasteiger partial charge in [0, 0.05) is 6.61 Å².